The molecule has 0 aliphatic carbocycles. The van der Waals surface area contributed by atoms with Gasteiger partial charge in [-0.3, -0.25) is 9.59 Å². The summed E-state index contributed by atoms with van der Waals surface area (Å²) < 4.78 is 12.5. The number of aliphatic carboxylic acids is 1. The van der Waals surface area contributed by atoms with Gasteiger partial charge >= 0.3 is 5.97 Å². The fraction of sp³-hybridized carbons (Fsp3) is 0.579. The maximum atomic E-state index is 12.5. The van der Waals surface area contributed by atoms with Gasteiger partial charge in [-0.15, -0.1) is 0 Å². The zero-order chi connectivity index (χ0) is 18.7. The number of amides is 1. The molecule has 0 heterocycles. The van der Waals surface area contributed by atoms with E-state index in [-0.39, 0.29) is 12.3 Å². The van der Waals surface area contributed by atoms with Gasteiger partial charge in [0.1, 0.15) is 12.9 Å². The van der Waals surface area contributed by atoms with Gasteiger partial charge in [0.15, 0.2) is 0 Å². The number of carboxylic acids is 1. The van der Waals surface area contributed by atoms with Crippen LogP contribution in [0.15, 0.2) is 30.3 Å². The van der Waals surface area contributed by atoms with Crippen molar-refractivity contribution >= 4 is 19.0 Å². The number of hydrogen-bond donors (Lipinski definition) is 2. The van der Waals surface area contributed by atoms with Crippen LogP contribution in [0.2, 0.25) is 0 Å². The first-order valence-corrected chi connectivity index (χ1v) is 11.6. The van der Waals surface area contributed by atoms with Crippen LogP contribution >= 0.6 is 7.14 Å². The summed E-state index contributed by atoms with van der Waals surface area (Å²) in [4.78, 5) is 22.6. The Bertz CT molecular complexity index is 582. The second-order valence-corrected chi connectivity index (χ2v) is 10.2. The molecular weight excluding hydrogens is 337 g/mol. The average molecular weight is 367 g/mol. The van der Waals surface area contributed by atoms with Gasteiger partial charge in [-0.05, 0) is 31.7 Å². The number of rotatable bonds is 12. The largest absolute Gasteiger partial charge is 0.481 e. The molecule has 6 heteroatoms. The summed E-state index contributed by atoms with van der Waals surface area (Å²) >= 11 is 0. The zero-order valence-electron chi connectivity index (χ0n) is 15.2. The van der Waals surface area contributed by atoms with Crippen molar-refractivity contribution in [2.75, 3.05) is 13.3 Å². The Kier molecular flexibility index (Phi) is 9.51. The molecule has 1 amide bonds. The minimum absolute atomic E-state index is 0.0661. The van der Waals surface area contributed by atoms with Crippen molar-refractivity contribution in [3.05, 3.63) is 35.9 Å². The minimum Gasteiger partial charge on any atom is -0.481 e. The lowest BCUT2D eigenvalue weighted by Gasteiger charge is -2.23. The van der Waals surface area contributed by atoms with E-state index in [4.69, 9.17) is 5.11 Å². The first-order chi connectivity index (χ1) is 11.8. The van der Waals surface area contributed by atoms with E-state index in [0.29, 0.717) is 6.42 Å². The van der Waals surface area contributed by atoms with E-state index in [1.54, 1.807) is 13.3 Å². The van der Waals surface area contributed by atoms with Gasteiger partial charge in [0.05, 0.1) is 0 Å². The first kappa shape index (κ1) is 21.4. The molecule has 0 aliphatic rings. The van der Waals surface area contributed by atoms with Crippen molar-refractivity contribution in [2.45, 2.75) is 57.1 Å². The molecule has 0 radical (unpaired) electrons. The highest BCUT2D eigenvalue weighted by Gasteiger charge is 2.26. The predicted molar refractivity (Wildman–Crippen MR) is 101 cm³/mol. The Morgan fingerprint density at radius 1 is 0.960 bits per heavy atom. The lowest BCUT2D eigenvalue weighted by molar-refractivity contribution is -0.137. The second kappa shape index (κ2) is 11.1. The summed E-state index contributed by atoms with van der Waals surface area (Å²) in [7, 11) is -2.50. The number of carbonyl (C=O) groups excluding carboxylic acids is 1. The molecule has 2 N–H and O–H groups in total. The Morgan fingerprint density at radius 2 is 1.48 bits per heavy atom. The molecule has 0 aromatic heterocycles. The van der Waals surface area contributed by atoms with Crippen LogP contribution in [0.5, 0.6) is 0 Å². The summed E-state index contributed by atoms with van der Waals surface area (Å²) in [6.45, 7) is 3.39. The molecule has 140 valence electrons. The fourth-order valence-electron chi connectivity index (χ4n) is 2.73. The Labute approximate surface area is 150 Å². The fourth-order valence-corrected chi connectivity index (χ4v) is 4.07. The molecule has 0 saturated carbocycles. The van der Waals surface area contributed by atoms with Crippen molar-refractivity contribution in [1.82, 2.24) is 5.32 Å². The van der Waals surface area contributed by atoms with Crippen molar-refractivity contribution in [1.29, 1.82) is 0 Å². The van der Waals surface area contributed by atoms with E-state index in [9.17, 15) is 14.2 Å². The lowest BCUT2D eigenvalue weighted by Crippen LogP contribution is -2.28. The van der Waals surface area contributed by atoms with Gasteiger partial charge in [0.2, 0.25) is 5.91 Å². The van der Waals surface area contributed by atoms with Crippen LogP contribution in [0.3, 0.4) is 0 Å². The van der Waals surface area contributed by atoms with E-state index in [1.807, 2.05) is 30.3 Å². The third-order valence-corrected chi connectivity index (χ3v) is 5.75. The van der Waals surface area contributed by atoms with Crippen LogP contribution in [-0.4, -0.2) is 30.3 Å². The summed E-state index contributed by atoms with van der Waals surface area (Å²) in [6.07, 6.45) is 6.06. The van der Waals surface area contributed by atoms with Gasteiger partial charge in [0, 0.05) is 12.8 Å². The van der Waals surface area contributed by atoms with E-state index < -0.39 is 18.9 Å². The smallest absolute Gasteiger partial charge is 0.303 e. The molecule has 1 rings (SSSR count). The number of nitrogens with one attached hydrogen (secondary N) is 1. The standard InChI is InChI=1S/C19H30NO4P/c1-25(2,24)19(16-12-8-7-9-13-16)20-17(21)14-10-5-3-4-6-11-15-18(22)23/h7-9,12-13,19H,3-6,10-11,14-15H2,1-2H3,(H,20,21)(H,22,23)/t19-/m1/s1. The van der Waals surface area contributed by atoms with E-state index in [0.717, 1.165) is 44.1 Å². The molecule has 0 aliphatic heterocycles. The van der Waals surface area contributed by atoms with Gasteiger partial charge < -0.3 is 15.0 Å². The second-order valence-electron chi connectivity index (χ2n) is 6.83. The molecule has 0 bridgehead atoms. The molecule has 25 heavy (non-hydrogen) atoms. The number of unbranched alkanes of at least 4 members (excludes halogenated alkanes) is 5. The first-order valence-electron chi connectivity index (χ1n) is 8.91. The third kappa shape index (κ3) is 9.45. The van der Waals surface area contributed by atoms with Gasteiger partial charge in [0.25, 0.3) is 0 Å². The van der Waals surface area contributed by atoms with Crippen molar-refractivity contribution < 1.29 is 19.3 Å². The minimum atomic E-state index is -2.50. The molecule has 1 aromatic carbocycles. The predicted octanol–water partition coefficient (Wildman–Crippen LogP) is 4.63. The monoisotopic (exact) mass is 367 g/mol. The van der Waals surface area contributed by atoms with Crippen LogP contribution in [0.25, 0.3) is 0 Å². The number of benzene rings is 1. The molecule has 0 fully saturated rings. The lowest BCUT2D eigenvalue weighted by atomic mass is 10.1. The molecule has 1 atom stereocenters. The van der Waals surface area contributed by atoms with E-state index >= 15 is 0 Å². The summed E-state index contributed by atoms with van der Waals surface area (Å²) in [5, 5.41) is 11.5. The van der Waals surface area contributed by atoms with Crippen LogP contribution in [0.4, 0.5) is 0 Å². The van der Waals surface area contributed by atoms with Crippen molar-refractivity contribution in [3.8, 4) is 0 Å². The molecule has 0 spiro atoms. The maximum absolute atomic E-state index is 12.5. The Balaban J connectivity index is 2.30. The van der Waals surface area contributed by atoms with Gasteiger partial charge in [-0.25, -0.2) is 0 Å². The van der Waals surface area contributed by atoms with Crippen LogP contribution in [0, 0.1) is 0 Å². The normalized spacial score (nSPS) is 12.6. The summed E-state index contributed by atoms with van der Waals surface area (Å²) in [5.74, 6) is -1.24. The van der Waals surface area contributed by atoms with Crippen LogP contribution in [-0.2, 0) is 14.2 Å². The summed E-state index contributed by atoms with van der Waals surface area (Å²) in [5.41, 5.74) is 0.877. The molecule has 0 unspecified atom stereocenters. The van der Waals surface area contributed by atoms with Crippen molar-refractivity contribution in [2.24, 2.45) is 0 Å². The molecule has 5 nitrogen and oxygen atoms in total. The van der Waals surface area contributed by atoms with Gasteiger partial charge in [-0.2, -0.15) is 0 Å². The maximum Gasteiger partial charge on any atom is 0.303 e. The Hall–Kier alpha value is -1.61. The quantitative estimate of drug-likeness (QED) is 0.417. The number of carboxylic acid groups (broad SMARTS) is 1. The molecular formula is C19H30NO4P. The van der Waals surface area contributed by atoms with Crippen LogP contribution in [0.1, 0.15) is 62.7 Å². The van der Waals surface area contributed by atoms with E-state index in [1.165, 1.54) is 0 Å². The third-order valence-electron chi connectivity index (χ3n) is 4.08. The zero-order valence-corrected chi connectivity index (χ0v) is 16.1. The van der Waals surface area contributed by atoms with Crippen molar-refractivity contribution in [3.63, 3.8) is 0 Å². The highest BCUT2D eigenvalue weighted by molar-refractivity contribution is 7.62. The molecule has 1 aromatic rings. The SMILES string of the molecule is CP(C)(=O)[C@@H](NC(=O)CCCCCCCCC(=O)O)c1ccccc1. The summed E-state index contributed by atoms with van der Waals surface area (Å²) in [6, 6.07) is 9.45. The molecule has 0 saturated heterocycles. The van der Waals surface area contributed by atoms with E-state index in [2.05, 4.69) is 5.32 Å². The topological polar surface area (TPSA) is 83.5 Å². The highest BCUT2D eigenvalue weighted by Crippen LogP contribution is 2.50. The van der Waals surface area contributed by atoms with Gasteiger partial charge in [-0.1, -0.05) is 56.0 Å². The average Bonchev–Trinajstić information content (AvgIpc) is 2.54. The van der Waals surface area contributed by atoms with Crippen LogP contribution < -0.4 is 5.32 Å². The number of hydrogen-bond acceptors (Lipinski definition) is 3. The highest BCUT2D eigenvalue weighted by atomic mass is 31.2. The Morgan fingerprint density at radius 3 is 2.00 bits per heavy atom. The number of carbonyl (C=O) groups is 2.